The fourth-order valence-corrected chi connectivity index (χ4v) is 2.14. The zero-order chi connectivity index (χ0) is 15.2. The lowest BCUT2D eigenvalue weighted by molar-refractivity contribution is -0.116. The summed E-state index contributed by atoms with van der Waals surface area (Å²) in [5.41, 5.74) is 1.44. The van der Waals surface area contributed by atoms with Gasteiger partial charge in [0.2, 0.25) is 5.91 Å². The van der Waals surface area contributed by atoms with Crippen molar-refractivity contribution >= 4 is 23.2 Å². The number of halogens is 2. The van der Waals surface area contributed by atoms with Crippen LogP contribution in [0.25, 0.3) is 0 Å². The van der Waals surface area contributed by atoms with Gasteiger partial charge in [0.25, 0.3) is 0 Å². The molecule has 2 rings (SSSR count). The molecule has 0 heterocycles. The molecule has 0 unspecified atom stereocenters. The minimum atomic E-state index is -0.510. The van der Waals surface area contributed by atoms with Crippen LogP contribution >= 0.6 is 11.6 Å². The van der Waals surface area contributed by atoms with Gasteiger partial charge < -0.3 is 10.1 Å². The van der Waals surface area contributed by atoms with Gasteiger partial charge in [-0.3, -0.25) is 4.79 Å². The Morgan fingerprint density at radius 2 is 2.05 bits per heavy atom. The molecule has 1 amide bonds. The van der Waals surface area contributed by atoms with Gasteiger partial charge >= 0.3 is 0 Å². The molecule has 0 aromatic heterocycles. The molecule has 0 fully saturated rings. The van der Waals surface area contributed by atoms with Crippen molar-refractivity contribution in [3.8, 4) is 5.75 Å². The molecular formula is C16H15ClFNO2. The smallest absolute Gasteiger partial charge is 0.224 e. The molecule has 0 saturated heterocycles. The number of amides is 1. The van der Waals surface area contributed by atoms with Crippen molar-refractivity contribution in [3.05, 3.63) is 58.9 Å². The second kappa shape index (κ2) is 7.09. The maximum Gasteiger partial charge on any atom is 0.224 e. The van der Waals surface area contributed by atoms with E-state index < -0.39 is 5.82 Å². The Kier molecular flexibility index (Phi) is 5.17. The van der Waals surface area contributed by atoms with E-state index in [4.69, 9.17) is 16.3 Å². The van der Waals surface area contributed by atoms with Crippen LogP contribution in [-0.4, -0.2) is 13.0 Å². The zero-order valence-corrected chi connectivity index (χ0v) is 12.3. The number of hydrogen-bond donors (Lipinski definition) is 1. The van der Waals surface area contributed by atoms with E-state index in [0.717, 1.165) is 11.3 Å². The topological polar surface area (TPSA) is 38.3 Å². The minimum absolute atomic E-state index is 0.0162. The summed E-state index contributed by atoms with van der Waals surface area (Å²) in [4.78, 5) is 11.9. The van der Waals surface area contributed by atoms with Gasteiger partial charge in [-0.25, -0.2) is 4.39 Å². The summed E-state index contributed by atoms with van der Waals surface area (Å²) in [6.07, 6.45) is 0.861. The predicted octanol–water partition coefficient (Wildman–Crippen LogP) is 4.06. The Bertz CT molecular complexity index is 646. The molecule has 5 heteroatoms. The molecule has 1 N–H and O–H groups in total. The lowest BCUT2D eigenvalue weighted by atomic mass is 10.1. The number of aryl methyl sites for hydroxylation is 1. The van der Waals surface area contributed by atoms with Crippen LogP contribution in [0.3, 0.4) is 0 Å². The maximum atomic E-state index is 13.0. The SMILES string of the molecule is COc1ccccc1CCC(=O)Nc1ccc(F)c(Cl)c1. The number of methoxy groups -OCH3 is 1. The Labute approximate surface area is 127 Å². The highest BCUT2D eigenvalue weighted by molar-refractivity contribution is 6.31. The van der Waals surface area contributed by atoms with Gasteiger partial charge in [-0.15, -0.1) is 0 Å². The number of carbonyl (C=O) groups excluding carboxylic acids is 1. The quantitative estimate of drug-likeness (QED) is 0.904. The van der Waals surface area contributed by atoms with Gasteiger partial charge in [0.15, 0.2) is 0 Å². The fraction of sp³-hybridized carbons (Fsp3) is 0.188. The lowest BCUT2D eigenvalue weighted by Gasteiger charge is -2.09. The maximum absolute atomic E-state index is 13.0. The van der Waals surface area contributed by atoms with Crippen LogP contribution in [0.4, 0.5) is 10.1 Å². The highest BCUT2D eigenvalue weighted by Crippen LogP contribution is 2.21. The third-order valence-corrected chi connectivity index (χ3v) is 3.31. The summed E-state index contributed by atoms with van der Waals surface area (Å²) in [5, 5.41) is 2.67. The molecule has 0 atom stereocenters. The first-order chi connectivity index (χ1) is 10.1. The summed E-state index contributed by atoms with van der Waals surface area (Å²) < 4.78 is 18.3. The average Bonchev–Trinajstić information content (AvgIpc) is 2.49. The van der Waals surface area contributed by atoms with Crippen LogP contribution < -0.4 is 10.1 Å². The van der Waals surface area contributed by atoms with Gasteiger partial charge in [-0.1, -0.05) is 29.8 Å². The largest absolute Gasteiger partial charge is 0.496 e. The number of carbonyl (C=O) groups is 1. The van der Waals surface area contributed by atoms with E-state index in [1.807, 2.05) is 24.3 Å². The predicted molar refractivity (Wildman–Crippen MR) is 81.4 cm³/mol. The number of ether oxygens (including phenoxy) is 1. The van der Waals surface area contributed by atoms with Crippen LogP contribution in [0.1, 0.15) is 12.0 Å². The summed E-state index contributed by atoms with van der Waals surface area (Å²) in [6.45, 7) is 0. The molecule has 3 nitrogen and oxygen atoms in total. The van der Waals surface area contributed by atoms with E-state index in [1.165, 1.54) is 18.2 Å². The first-order valence-electron chi connectivity index (χ1n) is 6.47. The van der Waals surface area contributed by atoms with Gasteiger partial charge in [0, 0.05) is 12.1 Å². The van der Waals surface area contributed by atoms with E-state index in [1.54, 1.807) is 7.11 Å². The molecule has 0 aliphatic rings. The van der Waals surface area contributed by atoms with Crippen molar-refractivity contribution in [3.63, 3.8) is 0 Å². The lowest BCUT2D eigenvalue weighted by Crippen LogP contribution is -2.12. The Morgan fingerprint density at radius 1 is 1.29 bits per heavy atom. The molecule has 110 valence electrons. The molecule has 0 bridgehead atoms. The van der Waals surface area contributed by atoms with Crippen molar-refractivity contribution < 1.29 is 13.9 Å². The van der Waals surface area contributed by atoms with Gasteiger partial charge in [-0.2, -0.15) is 0 Å². The van der Waals surface area contributed by atoms with Crippen LogP contribution in [0.5, 0.6) is 5.75 Å². The standard InChI is InChI=1S/C16H15ClFNO2/c1-21-15-5-3-2-4-11(15)6-9-16(20)19-12-7-8-14(18)13(17)10-12/h2-5,7-8,10H,6,9H2,1H3,(H,19,20). The van der Waals surface area contributed by atoms with E-state index >= 15 is 0 Å². The normalized spacial score (nSPS) is 10.2. The number of benzene rings is 2. The van der Waals surface area contributed by atoms with Crippen molar-refractivity contribution in [2.24, 2.45) is 0 Å². The summed E-state index contributed by atoms with van der Waals surface area (Å²) in [7, 11) is 1.60. The fourth-order valence-electron chi connectivity index (χ4n) is 1.96. The number of hydrogen-bond acceptors (Lipinski definition) is 2. The molecule has 2 aromatic rings. The average molecular weight is 308 g/mol. The first-order valence-corrected chi connectivity index (χ1v) is 6.84. The van der Waals surface area contributed by atoms with E-state index in [9.17, 15) is 9.18 Å². The van der Waals surface area contributed by atoms with Gasteiger partial charge in [0.1, 0.15) is 11.6 Å². The number of rotatable bonds is 5. The molecule has 0 aliphatic heterocycles. The third-order valence-electron chi connectivity index (χ3n) is 3.02. The Hall–Kier alpha value is -2.07. The molecule has 21 heavy (non-hydrogen) atoms. The third kappa shape index (κ3) is 4.20. The number of para-hydroxylation sites is 1. The van der Waals surface area contributed by atoms with Crippen LogP contribution in [0.15, 0.2) is 42.5 Å². The minimum Gasteiger partial charge on any atom is -0.496 e. The Morgan fingerprint density at radius 3 is 2.76 bits per heavy atom. The van der Waals surface area contributed by atoms with Crippen LogP contribution in [0.2, 0.25) is 5.02 Å². The molecule has 0 spiro atoms. The summed E-state index contributed by atoms with van der Waals surface area (Å²) >= 11 is 5.67. The monoisotopic (exact) mass is 307 g/mol. The first kappa shape index (κ1) is 15.3. The zero-order valence-electron chi connectivity index (χ0n) is 11.5. The van der Waals surface area contributed by atoms with E-state index in [2.05, 4.69) is 5.32 Å². The van der Waals surface area contributed by atoms with Crippen molar-refractivity contribution in [1.82, 2.24) is 0 Å². The molecule has 2 aromatic carbocycles. The Balaban J connectivity index is 1.94. The summed E-state index contributed by atoms with van der Waals surface area (Å²) in [6, 6.07) is 11.6. The van der Waals surface area contributed by atoms with Crippen LogP contribution in [0, 0.1) is 5.82 Å². The molecule has 0 aliphatic carbocycles. The molecule has 0 radical (unpaired) electrons. The second-order valence-electron chi connectivity index (χ2n) is 4.49. The van der Waals surface area contributed by atoms with E-state index in [0.29, 0.717) is 18.5 Å². The van der Waals surface area contributed by atoms with E-state index in [-0.39, 0.29) is 10.9 Å². The highest BCUT2D eigenvalue weighted by atomic mass is 35.5. The highest BCUT2D eigenvalue weighted by Gasteiger charge is 2.08. The molecule has 0 saturated carbocycles. The van der Waals surface area contributed by atoms with Gasteiger partial charge in [-0.05, 0) is 36.2 Å². The second-order valence-corrected chi connectivity index (χ2v) is 4.90. The summed E-state index contributed by atoms with van der Waals surface area (Å²) in [5.74, 6) is 0.0856. The van der Waals surface area contributed by atoms with Gasteiger partial charge in [0.05, 0.1) is 12.1 Å². The molecular weight excluding hydrogens is 293 g/mol. The van der Waals surface area contributed by atoms with Crippen molar-refractivity contribution in [2.75, 3.05) is 12.4 Å². The number of nitrogens with one attached hydrogen (secondary N) is 1. The van der Waals surface area contributed by atoms with Crippen LogP contribution in [-0.2, 0) is 11.2 Å². The van der Waals surface area contributed by atoms with Crippen molar-refractivity contribution in [2.45, 2.75) is 12.8 Å². The number of anilines is 1. The van der Waals surface area contributed by atoms with Crippen molar-refractivity contribution in [1.29, 1.82) is 0 Å².